The molecular weight excluding hydrogens is 328 g/mol. The van der Waals surface area contributed by atoms with Crippen LogP contribution in [0.4, 0.5) is 0 Å². The molecule has 24 heavy (non-hydrogen) atoms. The van der Waals surface area contributed by atoms with Gasteiger partial charge in [-0.3, -0.25) is 9.59 Å². The summed E-state index contributed by atoms with van der Waals surface area (Å²) in [7, 11) is 0. The highest BCUT2D eigenvalue weighted by molar-refractivity contribution is 5.95. The number of halogens is 1. The second-order valence-electron chi connectivity index (χ2n) is 6.67. The molecule has 0 aliphatic carbocycles. The zero-order valence-electron chi connectivity index (χ0n) is 14.1. The molecule has 0 aromatic carbocycles. The summed E-state index contributed by atoms with van der Waals surface area (Å²) in [6, 6.07) is 1.81. The minimum atomic E-state index is -0.0289. The summed E-state index contributed by atoms with van der Waals surface area (Å²) in [6.07, 6.45) is 5.86. The highest BCUT2D eigenvalue weighted by Gasteiger charge is 2.27. The summed E-state index contributed by atoms with van der Waals surface area (Å²) >= 11 is 0. The maximum Gasteiger partial charge on any atom is 0.255 e. The van der Waals surface area contributed by atoms with Crippen molar-refractivity contribution in [1.29, 1.82) is 0 Å². The smallest absolute Gasteiger partial charge is 0.255 e. The van der Waals surface area contributed by atoms with Crippen LogP contribution in [0.3, 0.4) is 0 Å². The number of carbonyl (C=O) groups is 2. The summed E-state index contributed by atoms with van der Waals surface area (Å²) in [5, 5.41) is 6.27. The van der Waals surface area contributed by atoms with Crippen LogP contribution >= 0.6 is 12.4 Å². The van der Waals surface area contributed by atoms with E-state index in [1.165, 1.54) is 0 Å². The Morgan fingerprint density at radius 3 is 2.83 bits per heavy atom. The van der Waals surface area contributed by atoms with Gasteiger partial charge in [0.2, 0.25) is 5.91 Å². The van der Waals surface area contributed by atoms with Crippen LogP contribution in [0, 0.1) is 12.8 Å². The van der Waals surface area contributed by atoms with Crippen molar-refractivity contribution in [1.82, 2.24) is 20.5 Å². The lowest BCUT2D eigenvalue weighted by atomic mass is 9.97. The van der Waals surface area contributed by atoms with Crippen LogP contribution in [0.5, 0.6) is 0 Å². The normalized spacial score (nSPS) is 23.6. The van der Waals surface area contributed by atoms with Gasteiger partial charge in [-0.25, -0.2) is 0 Å². The number of aryl methyl sites for hydroxylation is 1. The fraction of sp³-hybridized carbons (Fsp3) is 0.647. The van der Waals surface area contributed by atoms with Gasteiger partial charge in [-0.15, -0.1) is 12.4 Å². The predicted molar refractivity (Wildman–Crippen MR) is 95.4 cm³/mol. The SMILES string of the molecule is Cc1[nH]ccc1C(=O)N1CCCC(CNC(=O)C2CCCN2)C1.Cl. The Bertz CT molecular complexity index is 569. The van der Waals surface area contributed by atoms with E-state index in [0.29, 0.717) is 12.5 Å². The number of nitrogens with one attached hydrogen (secondary N) is 3. The van der Waals surface area contributed by atoms with Gasteiger partial charge < -0.3 is 20.5 Å². The van der Waals surface area contributed by atoms with Gasteiger partial charge in [0.15, 0.2) is 0 Å². The largest absolute Gasteiger partial charge is 0.365 e. The number of amides is 2. The molecule has 1 aromatic heterocycles. The summed E-state index contributed by atoms with van der Waals surface area (Å²) in [5.41, 5.74) is 1.67. The monoisotopic (exact) mass is 354 g/mol. The highest BCUT2D eigenvalue weighted by atomic mass is 35.5. The number of aromatic nitrogens is 1. The van der Waals surface area contributed by atoms with Crippen molar-refractivity contribution >= 4 is 24.2 Å². The molecule has 0 radical (unpaired) electrons. The van der Waals surface area contributed by atoms with E-state index in [-0.39, 0.29) is 30.3 Å². The molecule has 7 heteroatoms. The fourth-order valence-corrected chi connectivity index (χ4v) is 3.55. The van der Waals surface area contributed by atoms with Crippen LogP contribution in [0.2, 0.25) is 0 Å². The fourth-order valence-electron chi connectivity index (χ4n) is 3.55. The molecule has 2 atom stereocenters. The van der Waals surface area contributed by atoms with E-state index < -0.39 is 0 Å². The van der Waals surface area contributed by atoms with Crippen LogP contribution in [0.15, 0.2) is 12.3 Å². The third-order valence-corrected chi connectivity index (χ3v) is 4.93. The second kappa shape index (κ2) is 8.53. The number of nitrogens with zero attached hydrogens (tertiary/aromatic N) is 1. The zero-order chi connectivity index (χ0) is 16.2. The molecule has 2 unspecified atom stereocenters. The van der Waals surface area contributed by atoms with Crippen molar-refractivity contribution in [2.45, 2.75) is 38.6 Å². The molecule has 3 N–H and O–H groups in total. The molecule has 3 rings (SSSR count). The number of carbonyl (C=O) groups excluding carboxylic acids is 2. The summed E-state index contributed by atoms with van der Waals surface area (Å²) in [4.78, 5) is 29.6. The van der Waals surface area contributed by atoms with Crippen molar-refractivity contribution in [2.75, 3.05) is 26.2 Å². The zero-order valence-corrected chi connectivity index (χ0v) is 15.0. The van der Waals surface area contributed by atoms with Gasteiger partial charge in [-0.2, -0.15) is 0 Å². The molecule has 3 heterocycles. The lowest BCUT2D eigenvalue weighted by Gasteiger charge is -2.33. The molecule has 2 saturated heterocycles. The lowest BCUT2D eigenvalue weighted by Crippen LogP contribution is -2.46. The Morgan fingerprint density at radius 2 is 2.17 bits per heavy atom. The quantitative estimate of drug-likeness (QED) is 0.766. The van der Waals surface area contributed by atoms with Gasteiger partial charge in [0, 0.05) is 31.5 Å². The van der Waals surface area contributed by atoms with Crippen molar-refractivity contribution in [3.8, 4) is 0 Å². The second-order valence-corrected chi connectivity index (χ2v) is 6.67. The molecule has 2 fully saturated rings. The van der Waals surface area contributed by atoms with E-state index in [0.717, 1.165) is 56.6 Å². The number of aromatic amines is 1. The van der Waals surface area contributed by atoms with E-state index in [4.69, 9.17) is 0 Å². The predicted octanol–water partition coefficient (Wildman–Crippen LogP) is 1.47. The molecule has 2 aliphatic heterocycles. The standard InChI is InChI=1S/C17H26N4O2.ClH/c1-12-14(6-8-18-12)17(23)21-9-3-4-13(11-21)10-20-16(22)15-5-2-7-19-15;/h6,8,13,15,18-19H,2-5,7,9-11H2,1H3,(H,20,22);1H. The van der Waals surface area contributed by atoms with Gasteiger partial charge in [-0.1, -0.05) is 0 Å². The van der Waals surface area contributed by atoms with E-state index in [1.54, 1.807) is 6.20 Å². The molecule has 1 aromatic rings. The first-order valence-electron chi connectivity index (χ1n) is 8.59. The summed E-state index contributed by atoms with van der Waals surface area (Å²) in [5.74, 6) is 0.543. The Balaban J connectivity index is 0.00000208. The van der Waals surface area contributed by atoms with E-state index in [2.05, 4.69) is 15.6 Å². The minimum Gasteiger partial charge on any atom is -0.365 e. The lowest BCUT2D eigenvalue weighted by molar-refractivity contribution is -0.123. The van der Waals surface area contributed by atoms with Crippen LogP contribution in [-0.2, 0) is 4.79 Å². The van der Waals surface area contributed by atoms with Gasteiger partial charge >= 0.3 is 0 Å². The molecule has 0 spiro atoms. The van der Waals surface area contributed by atoms with Gasteiger partial charge in [0.25, 0.3) is 5.91 Å². The molecule has 134 valence electrons. The molecule has 6 nitrogen and oxygen atoms in total. The van der Waals surface area contributed by atoms with Crippen molar-refractivity contribution in [3.63, 3.8) is 0 Å². The number of hydrogen-bond donors (Lipinski definition) is 3. The van der Waals surface area contributed by atoms with Crippen LogP contribution < -0.4 is 10.6 Å². The molecule has 2 amide bonds. The maximum atomic E-state index is 12.6. The Kier molecular flexibility index (Phi) is 6.69. The molecule has 0 saturated carbocycles. The molecule has 0 bridgehead atoms. The molecular formula is C17H27ClN4O2. The maximum absolute atomic E-state index is 12.6. The topological polar surface area (TPSA) is 77.2 Å². The highest BCUT2D eigenvalue weighted by Crippen LogP contribution is 2.19. The first-order chi connectivity index (χ1) is 11.1. The average Bonchev–Trinajstić information content (AvgIpc) is 3.23. The molecule has 2 aliphatic rings. The number of piperidine rings is 1. The summed E-state index contributed by atoms with van der Waals surface area (Å²) in [6.45, 7) is 5.04. The Labute approximate surface area is 149 Å². The van der Waals surface area contributed by atoms with E-state index in [1.807, 2.05) is 17.9 Å². The van der Waals surface area contributed by atoms with Gasteiger partial charge in [0.1, 0.15) is 0 Å². The van der Waals surface area contributed by atoms with Crippen molar-refractivity contribution in [3.05, 3.63) is 23.5 Å². The van der Waals surface area contributed by atoms with Crippen molar-refractivity contribution in [2.24, 2.45) is 5.92 Å². The number of likely N-dealkylation sites (tertiary alicyclic amines) is 1. The number of H-pyrrole nitrogens is 1. The van der Waals surface area contributed by atoms with Crippen LogP contribution in [0.1, 0.15) is 41.7 Å². The third kappa shape index (κ3) is 4.30. The van der Waals surface area contributed by atoms with Crippen LogP contribution in [0.25, 0.3) is 0 Å². The third-order valence-electron chi connectivity index (χ3n) is 4.93. The minimum absolute atomic E-state index is 0. The van der Waals surface area contributed by atoms with Gasteiger partial charge in [-0.05, 0) is 51.1 Å². The number of rotatable bonds is 4. The van der Waals surface area contributed by atoms with Gasteiger partial charge in [0.05, 0.1) is 11.6 Å². The average molecular weight is 355 g/mol. The number of hydrogen-bond acceptors (Lipinski definition) is 3. The van der Waals surface area contributed by atoms with Crippen molar-refractivity contribution < 1.29 is 9.59 Å². The first-order valence-corrected chi connectivity index (χ1v) is 8.59. The Morgan fingerprint density at radius 1 is 1.33 bits per heavy atom. The first kappa shape index (κ1) is 18.8. The van der Waals surface area contributed by atoms with Crippen LogP contribution in [-0.4, -0.2) is 53.9 Å². The Hall–Kier alpha value is -1.53. The van der Waals surface area contributed by atoms with E-state index >= 15 is 0 Å². The summed E-state index contributed by atoms with van der Waals surface area (Å²) < 4.78 is 0. The van der Waals surface area contributed by atoms with E-state index in [9.17, 15) is 9.59 Å².